The molecule has 2 heterocycles. The number of nitrogens with zero attached hydrogens (tertiary/aromatic N) is 4. The third-order valence-corrected chi connectivity index (χ3v) is 13.7. The first-order valence-electron chi connectivity index (χ1n) is 28.5. The second kappa shape index (κ2) is 36.1. The number of carbonyl (C=O) groups is 11. The Bertz CT molecular complexity index is 2700. The summed E-state index contributed by atoms with van der Waals surface area (Å²) in [6.45, 7) is 7.31. The molecule has 1 aromatic carbocycles. The van der Waals surface area contributed by atoms with E-state index >= 15 is 0 Å². The zero-order valence-electron chi connectivity index (χ0n) is 49.5. The van der Waals surface area contributed by atoms with Gasteiger partial charge in [0.25, 0.3) is 0 Å². The van der Waals surface area contributed by atoms with E-state index in [0.29, 0.717) is 11.3 Å². The summed E-state index contributed by atoms with van der Waals surface area (Å²) in [6.07, 6.45) is -1.48. The van der Waals surface area contributed by atoms with Crippen molar-refractivity contribution >= 4 is 77.0 Å². The number of aliphatic hydroxyl groups is 2. The number of benzene rings is 1. The first kappa shape index (κ1) is 72.3. The maximum atomic E-state index is 14.7. The van der Waals surface area contributed by atoms with Crippen LogP contribution in [0.5, 0.6) is 0 Å². The van der Waals surface area contributed by atoms with Crippen molar-refractivity contribution in [2.24, 2.45) is 50.3 Å². The van der Waals surface area contributed by atoms with E-state index in [4.69, 9.17) is 34.4 Å². The molecule has 0 spiro atoms. The minimum Gasteiger partial charge on any atom is -0.480 e. The Balaban J connectivity index is 1.96. The minimum absolute atomic E-state index is 0.0222. The molecule has 10 amide bonds. The largest absolute Gasteiger partial charge is 0.480 e. The first-order valence-corrected chi connectivity index (χ1v) is 28.5. The predicted octanol–water partition coefficient (Wildman–Crippen LogP) is -6.32. The molecule has 482 valence electrons. The van der Waals surface area contributed by atoms with Crippen LogP contribution in [0.15, 0.2) is 52.8 Å². The molecule has 0 saturated carbocycles. The van der Waals surface area contributed by atoms with Crippen LogP contribution < -0.4 is 76.9 Å². The van der Waals surface area contributed by atoms with Gasteiger partial charge in [-0.05, 0) is 83.6 Å². The summed E-state index contributed by atoms with van der Waals surface area (Å²) in [5.41, 5.74) is 33.8. The summed E-state index contributed by atoms with van der Waals surface area (Å²) < 4.78 is 0. The van der Waals surface area contributed by atoms with Crippen LogP contribution in [0.4, 0.5) is 0 Å². The number of hydrogen-bond acceptors (Lipinski definition) is 17. The van der Waals surface area contributed by atoms with Crippen molar-refractivity contribution in [3.05, 3.63) is 54.1 Å². The van der Waals surface area contributed by atoms with Gasteiger partial charge in [-0.15, -0.1) is 0 Å². The number of likely N-dealkylation sites (tertiary alicyclic amines) is 1. The molecule has 1 aliphatic rings. The number of H-pyrrole nitrogens is 1. The highest BCUT2D eigenvalue weighted by atomic mass is 16.4. The number of guanidine groups is 2. The molecule has 1 saturated heterocycles. The van der Waals surface area contributed by atoms with Crippen LogP contribution in [-0.4, -0.2) is 199 Å². The van der Waals surface area contributed by atoms with Crippen molar-refractivity contribution in [3.8, 4) is 0 Å². The summed E-state index contributed by atoms with van der Waals surface area (Å²) in [5.74, 6) is -11.2. The quantitative estimate of drug-likeness (QED) is 0.0170. The average Bonchev–Trinajstić information content (AvgIpc) is 2.61. The molecular formula is C54H87N19O14. The van der Waals surface area contributed by atoms with Crippen LogP contribution >= 0.6 is 0 Å². The number of carboxylic acids is 1. The van der Waals surface area contributed by atoms with Crippen LogP contribution in [0.3, 0.4) is 0 Å². The van der Waals surface area contributed by atoms with Crippen molar-refractivity contribution in [1.82, 2.24) is 57.4 Å². The number of aliphatic hydroxyl groups excluding tert-OH is 2. The van der Waals surface area contributed by atoms with Gasteiger partial charge in [-0.3, -0.25) is 57.9 Å². The van der Waals surface area contributed by atoms with Crippen LogP contribution in [-0.2, 0) is 65.6 Å². The topological polar surface area (TPSA) is 557 Å². The number of aliphatic carboxylic acids is 1. The maximum absolute atomic E-state index is 14.7. The molecule has 33 heteroatoms. The molecule has 33 nitrogen and oxygen atoms in total. The number of nitrogens with one attached hydrogen (secondary N) is 9. The lowest BCUT2D eigenvalue weighted by Crippen LogP contribution is -2.63. The van der Waals surface area contributed by atoms with Crippen LogP contribution in [0.1, 0.15) is 104 Å². The smallest absolute Gasteiger partial charge is 0.326 e. The number of rotatable bonds is 37. The number of imidazole rings is 1. The summed E-state index contributed by atoms with van der Waals surface area (Å²) in [5, 5.41) is 51.8. The molecule has 3 rings (SSSR count). The van der Waals surface area contributed by atoms with Gasteiger partial charge in [0.1, 0.15) is 54.4 Å². The predicted molar refractivity (Wildman–Crippen MR) is 315 cm³/mol. The van der Waals surface area contributed by atoms with Crippen molar-refractivity contribution in [3.63, 3.8) is 0 Å². The van der Waals surface area contributed by atoms with Crippen molar-refractivity contribution in [2.45, 2.75) is 178 Å². The van der Waals surface area contributed by atoms with E-state index in [1.165, 1.54) is 26.4 Å². The Morgan fingerprint density at radius 2 is 1.11 bits per heavy atom. The van der Waals surface area contributed by atoms with Gasteiger partial charge in [0.2, 0.25) is 59.1 Å². The third kappa shape index (κ3) is 25.3. The Labute approximate surface area is 502 Å². The zero-order valence-corrected chi connectivity index (χ0v) is 49.5. The van der Waals surface area contributed by atoms with E-state index in [-0.39, 0.29) is 102 Å². The van der Waals surface area contributed by atoms with Gasteiger partial charge in [-0.2, -0.15) is 0 Å². The molecule has 2 aromatic rings. The minimum atomic E-state index is -1.88. The molecule has 1 aromatic heterocycles. The SMILES string of the molecule is CC(C)C[C@H](NC(=O)[C@H](C)N)C(=O)N[C@@H](CCC(N)=O)C(=O)N[C@@H](Cc1cnc[nH]1)C(=O)N[C@@H](Cc1ccccc1)C(=O)N[C@@H](CCCN=C(N)N)C(=O)N[C@H](C(=O)N[C@H](C(=O)N1CCC[C@H]1C(=O)N[C@@H](CCCN=C(N)N)C(=O)O)[C@@H](C)O)[C@@H](C)O. The van der Waals surface area contributed by atoms with E-state index < -0.39 is 144 Å². The summed E-state index contributed by atoms with van der Waals surface area (Å²) in [6, 6.07) is -6.25. The Kier molecular flexibility index (Phi) is 30.0. The zero-order chi connectivity index (χ0) is 65.1. The number of amides is 10. The van der Waals surface area contributed by atoms with Crippen molar-refractivity contribution < 1.29 is 68.1 Å². The fraction of sp³-hybridized carbons (Fsp3) is 0.593. The van der Waals surface area contributed by atoms with E-state index in [0.717, 1.165) is 11.8 Å². The van der Waals surface area contributed by atoms with Gasteiger partial charge < -0.3 is 102 Å². The van der Waals surface area contributed by atoms with Crippen LogP contribution in [0.2, 0.25) is 0 Å². The number of aromatic amines is 1. The number of aromatic nitrogens is 2. The molecule has 0 aliphatic carbocycles. The number of nitrogens with two attached hydrogens (primary N) is 6. The Hall–Kier alpha value is -8.98. The summed E-state index contributed by atoms with van der Waals surface area (Å²) in [7, 11) is 0. The van der Waals surface area contributed by atoms with Gasteiger partial charge in [0, 0.05) is 50.8 Å². The van der Waals surface area contributed by atoms with E-state index in [2.05, 4.69) is 62.5 Å². The Morgan fingerprint density at radius 3 is 1.62 bits per heavy atom. The molecule has 1 fully saturated rings. The van der Waals surface area contributed by atoms with Crippen LogP contribution in [0, 0.1) is 5.92 Å². The number of primary amides is 1. The average molecular weight is 1230 g/mol. The molecule has 1 aliphatic heterocycles. The maximum Gasteiger partial charge on any atom is 0.326 e. The highest BCUT2D eigenvalue weighted by Crippen LogP contribution is 2.21. The lowest BCUT2D eigenvalue weighted by molar-refractivity contribution is -0.146. The third-order valence-electron chi connectivity index (χ3n) is 13.7. The molecule has 87 heavy (non-hydrogen) atoms. The molecule has 0 bridgehead atoms. The molecular weight excluding hydrogens is 1140 g/mol. The van der Waals surface area contributed by atoms with Gasteiger partial charge in [-0.1, -0.05) is 44.2 Å². The summed E-state index contributed by atoms with van der Waals surface area (Å²) in [4.78, 5) is 166. The highest BCUT2D eigenvalue weighted by Gasteiger charge is 2.42. The molecule has 24 N–H and O–H groups in total. The monoisotopic (exact) mass is 1230 g/mol. The number of hydrogen-bond donors (Lipinski definition) is 18. The van der Waals surface area contributed by atoms with E-state index in [1.807, 2.05) is 0 Å². The van der Waals surface area contributed by atoms with Gasteiger partial charge in [-0.25, -0.2) is 9.78 Å². The van der Waals surface area contributed by atoms with Gasteiger partial charge >= 0.3 is 5.97 Å². The van der Waals surface area contributed by atoms with E-state index in [9.17, 15) is 68.1 Å². The number of aliphatic imine (C=N–C) groups is 2. The van der Waals surface area contributed by atoms with Crippen molar-refractivity contribution in [2.75, 3.05) is 19.6 Å². The number of carbonyl (C=O) groups excluding carboxylic acids is 10. The highest BCUT2D eigenvalue weighted by molar-refractivity contribution is 5.99. The fourth-order valence-electron chi connectivity index (χ4n) is 9.11. The van der Waals surface area contributed by atoms with Gasteiger partial charge in [0.05, 0.1) is 24.6 Å². The lowest BCUT2D eigenvalue weighted by Gasteiger charge is -2.32. The molecule has 0 radical (unpaired) electrons. The standard InChI is InChI=1S/C54H87N19O14/c1-27(2)22-36(68-43(77)28(3)55)46(80)66-34(17-18-40(56)76)44(78)70-38(24-32-25-61-26-64-32)48(82)69-37(23-31-12-7-6-8-13-31)47(81)65-33(14-9-19-62-53(57)58)45(79)71-41(29(4)74)50(84)72-42(30(5)75)51(85)73-21-11-16-39(73)49(83)67-35(52(86)87)15-10-20-63-54(59)60/h6-8,12-13,25-30,33-39,41-42,74-75H,9-11,14-24,55H2,1-5H3,(H2,56,76)(H,61,64)(H,65,81)(H,66,80)(H,67,83)(H,68,77)(H,69,82)(H,70,78)(H,71,79)(H,72,84)(H,86,87)(H4,57,58,62)(H4,59,60,63)/t28-,29+,30+,33-,34-,35-,36-,37-,38-,39-,41-,42-/m0/s1. The van der Waals surface area contributed by atoms with E-state index in [1.54, 1.807) is 44.2 Å². The molecule has 0 unspecified atom stereocenters. The normalized spacial score (nSPS) is 16.7. The van der Waals surface area contributed by atoms with Crippen molar-refractivity contribution in [1.29, 1.82) is 0 Å². The van der Waals surface area contributed by atoms with Crippen LogP contribution in [0.25, 0.3) is 0 Å². The molecule has 12 atom stereocenters. The van der Waals surface area contributed by atoms with Gasteiger partial charge in [0.15, 0.2) is 11.9 Å². The Morgan fingerprint density at radius 1 is 0.621 bits per heavy atom. The second-order valence-electron chi connectivity index (χ2n) is 21.6. The summed E-state index contributed by atoms with van der Waals surface area (Å²) >= 11 is 0. The first-order chi connectivity index (χ1) is 41.0. The fourth-order valence-corrected chi connectivity index (χ4v) is 9.11. The lowest BCUT2D eigenvalue weighted by atomic mass is 10.0. The second-order valence-corrected chi connectivity index (χ2v) is 21.6. The number of carboxylic acid groups (broad SMARTS) is 1.